The van der Waals surface area contributed by atoms with Crippen LogP contribution in [0.4, 0.5) is 10.5 Å². The molecule has 88 valence electrons. The maximum Gasteiger partial charge on any atom is 0.411 e. The van der Waals surface area contributed by atoms with Crippen LogP contribution in [-0.2, 0) is 4.74 Å². The highest BCUT2D eigenvalue weighted by atomic mass is 79.9. The Kier molecular flexibility index (Phi) is 4.76. The third-order valence-corrected chi connectivity index (χ3v) is 2.51. The number of carbonyl (C=O) groups excluding carboxylic acids is 1. The lowest BCUT2D eigenvalue weighted by atomic mass is 10.1. The topological polar surface area (TPSA) is 58.6 Å². The number of benzene rings is 1. The molecule has 0 aromatic heterocycles. The fraction of sp³-hybridized carbons (Fsp3) is 0.364. The summed E-state index contributed by atoms with van der Waals surface area (Å²) >= 11 is 3.38. The minimum Gasteiger partial charge on any atom is -0.447 e. The molecule has 0 aliphatic heterocycles. The highest BCUT2D eigenvalue weighted by Crippen LogP contribution is 2.25. The summed E-state index contributed by atoms with van der Waals surface area (Å²) in [5, 5.41) is 11.2. The minimum atomic E-state index is -0.553. The van der Waals surface area contributed by atoms with Crippen molar-refractivity contribution in [2.75, 3.05) is 18.5 Å². The first-order valence-electron chi connectivity index (χ1n) is 4.86. The molecule has 0 bridgehead atoms. The van der Waals surface area contributed by atoms with Crippen LogP contribution in [0.25, 0.3) is 0 Å². The Hall–Kier alpha value is -1.07. The lowest BCUT2D eigenvalue weighted by Gasteiger charge is -2.12. The zero-order valence-corrected chi connectivity index (χ0v) is 10.8. The highest BCUT2D eigenvalue weighted by molar-refractivity contribution is 9.10. The molecule has 1 aromatic rings. The number of amides is 1. The summed E-state index contributed by atoms with van der Waals surface area (Å²) in [5.74, 6) is 0. The molecule has 0 fully saturated rings. The van der Waals surface area contributed by atoms with Gasteiger partial charge in [-0.1, -0.05) is 15.9 Å². The lowest BCUT2D eigenvalue weighted by molar-refractivity contribution is 0.131. The summed E-state index contributed by atoms with van der Waals surface area (Å²) in [6.45, 7) is 3.63. The van der Waals surface area contributed by atoms with Crippen LogP contribution in [-0.4, -0.2) is 24.4 Å². The van der Waals surface area contributed by atoms with Gasteiger partial charge in [0.2, 0.25) is 0 Å². The van der Waals surface area contributed by atoms with Crippen molar-refractivity contribution in [3.05, 3.63) is 27.7 Å². The molecule has 16 heavy (non-hydrogen) atoms. The molecule has 0 saturated heterocycles. The SMILES string of the molecule is Cc1cc(Br)cc(C)c1NC(=O)OCCO. The fourth-order valence-corrected chi connectivity index (χ4v) is 2.07. The van der Waals surface area contributed by atoms with Crippen molar-refractivity contribution in [2.45, 2.75) is 13.8 Å². The summed E-state index contributed by atoms with van der Waals surface area (Å²) in [5.41, 5.74) is 2.65. The number of rotatable bonds is 3. The molecule has 0 aliphatic rings. The molecule has 2 N–H and O–H groups in total. The number of ether oxygens (including phenoxy) is 1. The zero-order chi connectivity index (χ0) is 12.1. The van der Waals surface area contributed by atoms with Gasteiger partial charge in [-0.25, -0.2) is 4.79 Å². The Bertz CT molecular complexity index is 370. The molecule has 0 heterocycles. The van der Waals surface area contributed by atoms with Gasteiger partial charge in [0.15, 0.2) is 0 Å². The molecule has 1 aromatic carbocycles. The Balaban J connectivity index is 2.77. The molecular weight excluding hydrogens is 274 g/mol. The van der Waals surface area contributed by atoms with Crippen molar-refractivity contribution >= 4 is 27.7 Å². The van der Waals surface area contributed by atoms with E-state index in [0.717, 1.165) is 21.3 Å². The van der Waals surface area contributed by atoms with Crippen molar-refractivity contribution in [1.82, 2.24) is 0 Å². The summed E-state index contributed by atoms with van der Waals surface area (Å²) < 4.78 is 5.69. The van der Waals surface area contributed by atoms with E-state index in [1.165, 1.54) is 0 Å². The van der Waals surface area contributed by atoms with Crippen LogP contribution in [0.3, 0.4) is 0 Å². The van der Waals surface area contributed by atoms with Gasteiger partial charge in [0.1, 0.15) is 6.61 Å². The normalized spacial score (nSPS) is 10.0. The van der Waals surface area contributed by atoms with E-state index in [1.807, 2.05) is 26.0 Å². The van der Waals surface area contributed by atoms with Crippen LogP contribution < -0.4 is 5.32 Å². The standard InChI is InChI=1S/C11H14BrNO3/c1-7-5-9(12)6-8(2)10(7)13-11(15)16-4-3-14/h5-6,14H,3-4H2,1-2H3,(H,13,15). The van der Waals surface area contributed by atoms with Gasteiger partial charge in [0.05, 0.1) is 6.61 Å². The third-order valence-electron chi connectivity index (χ3n) is 2.05. The molecule has 0 spiro atoms. The van der Waals surface area contributed by atoms with E-state index in [-0.39, 0.29) is 13.2 Å². The second-order valence-corrected chi connectivity index (χ2v) is 4.31. The minimum absolute atomic E-state index is 0.000453. The maximum absolute atomic E-state index is 11.3. The van der Waals surface area contributed by atoms with E-state index in [1.54, 1.807) is 0 Å². The third kappa shape index (κ3) is 3.50. The van der Waals surface area contributed by atoms with Gasteiger partial charge in [-0.05, 0) is 37.1 Å². The number of hydrogen-bond acceptors (Lipinski definition) is 3. The molecule has 0 radical (unpaired) electrons. The van der Waals surface area contributed by atoms with Crippen molar-refractivity contribution in [3.8, 4) is 0 Å². The number of nitrogens with one attached hydrogen (secondary N) is 1. The molecular formula is C11H14BrNO3. The second kappa shape index (κ2) is 5.86. The van der Waals surface area contributed by atoms with Crippen LogP contribution in [0.1, 0.15) is 11.1 Å². The summed E-state index contributed by atoms with van der Waals surface area (Å²) in [7, 11) is 0. The number of halogens is 1. The van der Waals surface area contributed by atoms with E-state index in [2.05, 4.69) is 21.2 Å². The quantitative estimate of drug-likeness (QED) is 0.898. The molecule has 1 rings (SSSR count). The van der Waals surface area contributed by atoms with Crippen molar-refractivity contribution in [1.29, 1.82) is 0 Å². The highest BCUT2D eigenvalue weighted by Gasteiger charge is 2.08. The number of anilines is 1. The van der Waals surface area contributed by atoms with E-state index in [0.29, 0.717) is 0 Å². The predicted molar refractivity (Wildman–Crippen MR) is 65.7 cm³/mol. The average Bonchev–Trinajstić information content (AvgIpc) is 2.20. The molecule has 4 nitrogen and oxygen atoms in total. The van der Waals surface area contributed by atoms with Gasteiger partial charge >= 0.3 is 6.09 Å². The number of hydrogen-bond donors (Lipinski definition) is 2. The number of carbonyl (C=O) groups is 1. The number of aliphatic hydroxyl groups excluding tert-OH is 1. The van der Waals surface area contributed by atoms with E-state index < -0.39 is 6.09 Å². The predicted octanol–water partition coefficient (Wildman–Crippen LogP) is 2.61. The first-order chi connectivity index (χ1) is 7.54. The van der Waals surface area contributed by atoms with Crippen LogP contribution >= 0.6 is 15.9 Å². The molecule has 0 unspecified atom stereocenters. The van der Waals surface area contributed by atoms with Crippen LogP contribution in [0, 0.1) is 13.8 Å². The zero-order valence-electron chi connectivity index (χ0n) is 9.21. The largest absolute Gasteiger partial charge is 0.447 e. The Morgan fingerprint density at radius 3 is 2.50 bits per heavy atom. The van der Waals surface area contributed by atoms with Gasteiger partial charge in [-0.2, -0.15) is 0 Å². The summed E-state index contributed by atoms with van der Waals surface area (Å²) in [6.07, 6.45) is -0.553. The number of aryl methyl sites for hydroxylation is 2. The average molecular weight is 288 g/mol. The molecule has 5 heteroatoms. The fourth-order valence-electron chi connectivity index (χ4n) is 1.38. The number of aliphatic hydroxyl groups is 1. The van der Waals surface area contributed by atoms with E-state index in [4.69, 9.17) is 9.84 Å². The lowest BCUT2D eigenvalue weighted by Crippen LogP contribution is -2.17. The van der Waals surface area contributed by atoms with Crippen LogP contribution in [0.5, 0.6) is 0 Å². The molecule has 0 saturated carbocycles. The van der Waals surface area contributed by atoms with Gasteiger partial charge in [-0.15, -0.1) is 0 Å². The summed E-state index contributed by atoms with van der Waals surface area (Å²) in [6, 6.07) is 3.82. The van der Waals surface area contributed by atoms with Gasteiger partial charge in [0.25, 0.3) is 0 Å². The van der Waals surface area contributed by atoms with Gasteiger partial charge in [0, 0.05) is 10.2 Å². The smallest absolute Gasteiger partial charge is 0.411 e. The Morgan fingerprint density at radius 1 is 1.44 bits per heavy atom. The summed E-state index contributed by atoms with van der Waals surface area (Å²) in [4.78, 5) is 11.3. The Labute approximate surface area is 103 Å². The van der Waals surface area contributed by atoms with Crippen molar-refractivity contribution < 1.29 is 14.6 Å². The molecule has 0 atom stereocenters. The van der Waals surface area contributed by atoms with Gasteiger partial charge in [-0.3, -0.25) is 5.32 Å². The maximum atomic E-state index is 11.3. The molecule has 0 aliphatic carbocycles. The van der Waals surface area contributed by atoms with Gasteiger partial charge < -0.3 is 9.84 Å². The monoisotopic (exact) mass is 287 g/mol. The second-order valence-electron chi connectivity index (χ2n) is 3.40. The molecule has 1 amide bonds. The Morgan fingerprint density at radius 2 is 2.00 bits per heavy atom. The van der Waals surface area contributed by atoms with Crippen molar-refractivity contribution in [2.24, 2.45) is 0 Å². The van der Waals surface area contributed by atoms with Crippen LogP contribution in [0.2, 0.25) is 0 Å². The van der Waals surface area contributed by atoms with E-state index >= 15 is 0 Å². The first-order valence-corrected chi connectivity index (χ1v) is 5.65. The van der Waals surface area contributed by atoms with Crippen molar-refractivity contribution in [3.63, 3.8) is 0 Å². The van der Waals surface area contributed by atoms with E-state index in [9.17, 15) is 4.79 Å². The van der Waals surface area contributed by atoms with Crippen LogP contribution in [0.15, 0.2) is 16.6 Å². The first kappa shape index (κ1) is 13.0.